The molecule has 24 heavy (non-hydrogen) atoms. The van der Waals surface area contributed by atoms with Crippen molar-refractivity contribution in [2.75, 3.05) is 26.8 Å². The van der Waals surface area contributed by atoms with Crippen molar-refractivity contribution in [2.24, 2.45) is 7.05 Å². The maximum Gasteiger partial charge on any atom is 0.272 e. The van der Waals surface area contributed by atoms with E-state index in [1.165, 1.54) is 0 Å². The average molecular weight is 333 g/mol. The standard InChI is InChI=1S/C16H23N5O3/c1-11-14(20(2)10-17-11)16(22)21-7-4-5-12(9-21)15-18-13(19-24-15)6-8-23-3/h10,12H,4-9H2,1-3H3/t12-/m1/s1. The average Bonchev–Trinajstić information content (AvgIpc) is 3.19. The van der Waals surface area contributed by atoms with Crippen LogP contribution >= 0.6 is 0 Å². The molecule has 0 aliphatic carbocycles. The number of imidazole rings is 1. The Hall–Kier alpha value is -2.22. The number of likely N-dealkylation sites (tertiary alicyclic amines) is 1. The molecule has 8 nitrogen and oxygen atoms in total. The van der Waals surface area contributed by atoms with Gasteiger partial charge in [-0.05, 0) is 19.8 Å². The number of carbonyl (C=O) groups excluding carboxylic acids is 1. The van der Waals surface area contributed by atoms with E-state index in [1.54, 1.807) is 18.0 Å². The van der Waals surface area contributed by atoms with Crippen molar-refractivity contribution in [1.82, 2.24) is 24.6 Å². The van der Waals surface area contributed by atoms with Crippen molar-refractivity contribution in [3.8, 4) is 0 Å². The van der Waals surface area contributed by atoms with Gasteiger partial charge in [0.15, 0.2) is 5.82 Å². The lowest BCUT2D eigenvalue weighted by Gasteiger charge is -2.31. The van der Waals surface area contributed by atoms with Crippen LogP contribution in [0, 0.1) is 6.92 Å². The molecule has 130 valence electrons. The highest BCUT2D eigenvalue weighted by Crippen LogP contribution is 2.27. The monoisotopic (exact) mass is 333 g/mol. The second-order valence-electron chi connectivity index (χ2n) is 6.17. The number of methoxy groups -OCH3 is 1. The third kappa shape index (κ3) is 3.33. The van der Waals surface area contributed by atoms with Crippen LogP contribution in [0.2, 0.25) is 0 Å². The van der Waals surface area contributed by atoms with Crippen molar-refractivity contribution in [2.45, 2.75) is 32.1 Å². The van der Waals surface area contributed by atoms with Gasteiger partial charge in [0.25, 0.3) is 5.91 Å². The molecular weight excluding hydrogens is 310 g/mol. The molecule has 1 amide bonds. The van der Waals surface area contributed by atoms with Gasteiger partial charge in [-0.2, -0.15) is 4.98 Å². The van der Waals surface area contributed by atoms with Crippen molar-refractivity contribution in [1.29, 1.82) is 0 Å². The zero-order valence-corrected chi connectivity index (χ0v) is 14.4. The van der Waals surface area contributed by atoms with Crippen LogP contribution in [0.25, 0.3) is 0 Å². The zero-order chi connectivity index (χ0) is 17.1. The summed E-state index contributed by atoms with van der Waals surface area (Å²) in [6, 6.07) is 0. The third-order valence-electron chi connectivity index (χ3n) is 4.39. The SMILES string of the molecule is COCCc1noc([C@@H]2CCCN(C(=O)c3c(C)ncn3C)C2)n1. The summed E-state index contributed by atoms with van der Waals surface area (Å²) >= 11 is 0. The Morgan fingerprint density at radius 3 is 3.04 bits per heavy atom. The van der Waals surface area contributed by atoms with Crippen LogP contribution in [0.1, 0.15) is 46.7 Å². The van der Waals surface area contributed by atoms with Gasteiger partial charge in [-0.1, -0.05) is 5.16 Å². The normalized spacial score (nSPS) is 18.1. The molecule has 8 heteroatoms. The minimum Gasteiger partial charge on any atom is -0.384 e. The summed E-state index contributed by atoms with van der Waals surface area (Å²) in [7, 11) is 3.49. The second kappa shape index (κ2) is 7.12. The predicted octanol–water partition coefficient (Wildman–Crippen LogP) is 1.32. The summed E-state index contributed by atoms with van der Waals surface area (Å²) in [6.07, 6.45) is 4.16. The number of piperidine rings is 1. The van der Waals surface area contributed by atoms with E-state index < -0.39 is 0 Å². The van der Waals surface area contributed by atoms with E-state index in [0.717, 1.165) is 25.1 Å². The van der Waals surface area contributed by atoms with E-state index >= 15 is 0 Å². The molecule has 3 rings (SSSR count). The quantitative estimate of drug-likeness (QED) is 0.820. The summed E-state index contributed by atoms with van der Waals surface area (Å²) < 4.78 is 12.2. The fraction of sp³-hybridized carbons (Fsp3) is 0.625. The lowest BCUT2D eigenvalue weighted by Crippen LogP contribution is -2.40. The van der Waals surface area contributed by atoms with Gasteiger partial charge >= 0.3 is 0 Å². The van der Waals surface area contributed by atoms with Gasteiger partial charge in [-0.15, -0.1) is 0 Å². The lowest BCUT2D eigenvalue weighted by atomic mass is 9.97. The molecule has 0 aromatic carbocycles. The summed E-state index contributed by atoms with van der Waals surface area (Å²) in [6.45, 7) is 3.75. The van der Waals surface area contributed by atoms with Crippen LogP contribution in [0.15, 0.2) is 10.9 Å². The smallest absolute Gasteiger partial charge is 0.272 e. The van der Waals surface area contributed by atoms with Crippen LogP contribution in [0.3, 0.4) is 0 Å². The highest BCUT2D eigenvalue weighted by Gasteiger charge is 2.30. The van der Waals surface area contributed by atoms with Gasteiger partial charge < -0.3 is 18.7 Å². The molecule has 0 radical (unpaired) electrons. The van der Waals surface area contributed by atoms with Gasteiger partial charge in [0.1, 0.15) is 5.69 Å². The molecule has 2 aromatic rings. The van der Waals surface area contributed by atoms with Crippen molar-refractivity contribution < 1.29 is 14.1 Å². The first kappa shape index (κ1) is 16.6. The van der Waals surface area contributed by atoms with Gasteiger partial charge in [0.2, 0.25) is 5.89 Å². The maximum absolute atomic E-state index is 12.8. The van der Waals surface area contributed by atoms with Crippen LogP contribution in [-0.2, 0) is 18.2 Å². The number of amides is 1. The molecule has 1 aliphatic heterocycles. The summed E-state index contributed by atoms with van der Waals surface area (Å²) in [5.74, 6) is 1.36. The number of nitrogens with zero attached hydrogens (tertiary/aromatic N) is 5. The van der Waals surface area contributed by atoms with Crippen LogP contribution in [0.5, 0.6) is 0 Å². The van der Waals surface area contributed by atoms with Crippen LogP contribution in [0.4, 0.5) is 0 Å². The molecule has 0 saturated carbocycles. The van der Waals surface area contributed by atoms with E-state index in [9.17, 15) is 4.79 Å². The lowest BCUT2D eigenvalue weighted by molar-refractivity contribution is 0.0685. The third-order valence-corrected chi connectivity index (χ3v) is 4.39. The number of hydrogen-bond donors (Lipinski definition) is 0. The Morgan fingerprint density at radius 2 is 2.33 bits per heavy atom. The predicted molar refractivity (Wildman–Crippen MR) is 85.7 cm³/mol. The first-order chi connectivity index (χ1) is 11.6. The summed E-state index contributed by atoms with van der Waals surface area (Å²) in [4.78, 5) is 23.3. The molecule has 1 fully saturated rings. The number of rotatable bonds is 5. The minimum atomic E-state index is 0.0105. The molecule has 0 spiro atoms. The number of aromatic nitrogens is 4. The molecule has 1 atom stereocenters. The Morgan fingerprint density at radius 1 is 1.50 bits per heavy atom. The number of aryl methyl sites for hydroxylation is 2. The first-order valence-electron chi connectivity index (χ1n) is 8.18. The first-order valence-corrected chi connectivity index (χ1v) is 8.18. The van der Waals surface area contributed by atoms with Crippen LogP contribution < -0.4 is 0 Å². The Kier molecular flexibility index (Phi) is 4.94. The fourth-order valence-electron chi connectivity index (χ4n) is 3.09. The van der Waals surface area contributed by atoms with Gasteiger partial charge in [0, 0.05) is 33.7 Å². The Bertz CT molecular complexity index is 689. The molecule has 3 heterocycles. The molecule has 0 bridgehead atoms. The number of hydrogen-bond acceptors (Lipinski definition) is 6. The Balaban J connectivity index is 1.70. The number of ether oxygens (including phenoxy) is 1. The zero-order valence-electron chi connectivity index (χ0n) is 14.4. The highest BCUT2D eigenvalue weighted by molar-refractivity contribution is 5.93. The molecular formula is C16H23N5O3. The van der Waals surface area contributed by atoms with E-state index in [0.29, 0.717) is 37.0 Å². The van der Waals surface area contributed by atoms with Crippen molar-refractivity contribution in [3.63, 3.8) is 0 Å². The van der Waals surface area contributed by atoms with Gasteiger partial charge in [-0.3, -0.25) is 4.79 Å². The number of carbonyl (C=O) groups is 1. The maximum atomic E-state index is 12.8. The van der Waals surface area contributed by atoms with Crippen LogP contribution in [-0.4, -0.2) is 57.3 Å². The van der Waals surface area contributed by atoms with E-state index in [1.807, 2.05) is 18.9 Å². The molecule has 0 N–H and O–H groups in total. The highest BCUT2D eigenvalue weighted by atomic mass is 16.5. The van der Waals surface area contributed by atoms with Crippen molar-refractivity contribution in [3.05, 3.63) is 29.4 Å². The van der Waals surface area contributed by atoms with Gasteiger partial charge in [-0.25, -0.2) is 4.98 Å². The molecule has 1 aliphatic rings. The van der Waals surface area contributed by atoms with E-state index in [-0.39, 0.29) is 11.8 Å². The molecule has 2 aromatic heterocycles. The molecule has 1 saturated heterocycles. The summed E-state index contributed by atoms with van der Waals surface area (Å²) in [5, 5.41) is 3.99. The topological polar surface area (TPSA) is 86.3 Å². The largest absolute Gasteiger partial charge is 0.384 e. The van der Waals surface area contributed by atoms with Gasteiger partial charge in [0.05, 0.1) is 24.5 Å². The van der Waals surface area contributed by atoms with E-state index in [4.69, 9.17) is 9.26 Å². The summed E-state index contributed by atoms with van der Waals surface area (Å²) in [5.41, 5.74) is 1.39. The Labute approximate surface area is 140 Å². The molecule has 0 unspecified atom stereocenters. The fourth-order valence-corrected chi connectivity index (χ4v) is 3.09. The minimum absolute atomic E-state index is 0.0105. The van der Waals surface area contributed by atoms with E-state index in [2.05, 4.69) is 15.1 Å². The van der Waals surface area contributed by atoms with Crippen molar-refractivity contribution >= 4 is 5.91 Å². The second-order valence-corrected chi connectivity index (χ2v) is 6.17.